The van der Waals surface area contributed by atoms with Crippen molar-refractivity contribution in [2.75, 3.05) is 32.7 Å². The van der Waals surface area contributed by atoms with Gasteiger partial charge in [0.25, 0.3) is 0 Å². The average Bonchev–Trinajstić information content (AvgIpc) is 3.69. The van der Waals surface area contributed by atoms with E-state index in [9.17, 15) is 4.79 Å². The first-order valence-corrected chi connectivity index (χ1v) is 11.1. The van der Waals surface area contributed by atoms with Crippen molar-refractivity contribution in [3.8, 4) is 5.88 Å². The molecule has 1 aromatic heterocycles. The van der Waals surface area contributed by atoms with Gasteiger partial charge >= 0.3 is 5.97 Å². The van der Waals surface area contributed by atoms with E-state index in [0.29, 0.717) is 24.7 Å². The number of hydrogen-bond donors (Lipinski definition) is 1. The zero-order chi connectivity index (χ0) is 22.9. The molecule has 2 aliphatic heterocycles. The lowest BCUT2D eigenvalue weighted by Gasteiger charge is -2.42. The SMILES string of the molecule is COc1ccc(NCC(=O)OC2CCC3(CO3)C(C3(C)OC3CC=C(C)C)C2OC)nn1. The highest BCUT2D eigenvalue weighted by molar-refractivity contribution is 5.74. The molecule has 4 rings (SSSR count). The van der Waals surface area contributed by atoms with Crippen LogP contribution in [0.2, 0.25) is 0 Å². The molecule has 1 saturated carbocycles. The van der Waals surface area contributed by atoms with Crippen LogP contribution in [0, 0.1) is 5.92 Å². The highest BCUT2D eigenvalue weighted by Crippen LogP contribution is 2.59. The molecule has 0 radical (unpaired) electrons. The van der Waals surface area contributed by atoms with Crippen LogP contribution in [0.5, 0.6) is 5.88 Å². The molecule has 0 aromatic carbocycles. The summed E-state index contributed by atoms with van der Waals surface area (Å²) in [6.45, 7) is 6.99. The number of esters is 1. The molecule has 176 valence electrons. The predicted octanol–water partition coefficient (Wildman–Crippen LogP) is 2.52. The smallest absolute Gasteiger partial charge is 0.325 e. The predicted molar refractivity (Wildman–Crippen MR) is 116 cm³/mol. The molecule has 1 aromatic rings. The van der Waals surface area contributed by atoms with Crippen molar-refractivity contribution in [3.63, 3.8) is 0 Å². The minimum atomic E-state index is -0.371. The van der Waals surface area contributed by atoms with Gasteiger partial charge in [0.05, 0.1) is 25.7 Å². The fourth-order valence-corrected chi connectivity index (χ4v) is 4.97. The molecular formula is C23H33N3O6. The lowest BCUT2D eigenvalue weighted by atomic mass is 9.68. The van der Waals surface area contributed by atoms with E-state index in [-0.39, 0.29) is 47.9 Å². The van der Waals surface area contributed by atoms with Crippen molar-refractivity contribution in [1.82, 2.24) is 10.2 Å². The number of allylic oxidation sites excluding steroid dienone is 1. The molecule has 6 atom stereocenters. The third kappa shape index (κ3) is 4.60. The zero-order valence-corrected chi connectivity index (χ0v) is 19.4. The summed E-state index contributed by atoms with van der Waals surface area (Å²) in [5.74, 6) is 0.509. The number of anilines is 1. The molecule has 1 aliphatic carbocycles. The Hall–Kier alpha value is -2.23. The van der Waals surface area contributed by atoms with Gasteiger partial charge in [-0.1, -0.05) is 11.6 Å². The van der Waals surface area contributed by atoms with Crippen molar-refractivity contribution in [2.24, 2.45) is 5.92 Å². The van der Waals surface area contributed by atoms with Gasteiger partial charge in [-0.25, -0.2) is 0 Å². The summed E-state index contributed by atoms with van der Waals surface area (Å²) >= 11 is 0. The number of ether oxygens (including phenoxy) is 5. The summed E-state index contributed by atoms with van der Waals surface area (Å²) in [6.07, 6.45) is 4.04. The number of hydrogen-bond acceptors (Lipinski definition) is 9. The van der Waals surface area contributed by atoms with Crippen molar-refractivity contribution in [1.29, 1.82) is 0 Å². The van der Waals surface area contributed by atoms with Gasteiger partial charge < -0.3 is 29.0 Å². The van der Waals surface area contributed by atoms with Gasteiger partial charge in [0.1, 0.15) is 35.8 Å². The van der Waals surface area contributed by atoms with Crippen LogP contribution in [-0.2, 0) is 23.7 Å². The van der Waals surface area contributed by atoms with Gasteiger partial charge in [-0.15, -0.1) is 10.2 Å². The molecule has 3 fully saturated rings. The van der Waals surface area contributed by atoms with Gasteiger partial charge in [-0.3, -0.25) is 4.79 Å². The van der Waals surface area contributed by atoms with Crippen molar-refractivity contribution in [2.45, 2.75) is 69.5 Å². The second-order valence-corrected chi connectivity index (χ2v) is 9.22. The molecule has 3 heterocycles. The van der Waals surface area contributed by atoms with Gasteiger partial charge in [0.2, 0.25) is 5.88 Å². The molecule has 0 bridgehead atoms. The van der Waals surface area contributed by atoms with Gasteiger partial charge in [0, 0.05) is 13.2 Å². The van der Waals surface area contributed by atoms with Crippen molar-refractivity contribution in [3.05, 3.63) is 23.8 Å². The number of epoxide rings is 2. The van der Waals surface area contributed by atoms with E-state index in [1.165, 1.54) is 12.7 Å². The number of aromatic nitrogens is 2. The molecule has 32 heavy (non-hydrogen) atoms. The van der Waals surface area contributed by atoms with Crippen molar-refractivity contribution < 1.29 is 28.5 Å². The van der Waals surface area contributed by atoms with E-state index in [4.69, 9.17) is 23.7 Å². The van der Waals surface area contributed by atoms with Gasteiger partial charge in [-0.05, 0) is 46.1 Å². The van der Waals surface area contributed by atoms with E-state index >= 15 is 0 Å². The summed E-state index contributed by atoms with van der Waals surface area (Å²) in [5, 5.41) is 10.8. The Morgan fingerprint density at radius 1 is 1.31 bits per heavy atom. The van der Waals surface area contributed by atoms with Crippen LogP contribution >= 0.6 is 0 Å². The van der Waals surface area contributed by atoms with Crippen LogP contribution < -0.4 is 10.1 Å². The quantitative estimate of drug-likeness (QED) is 0.347. The first kappa shape index (κ1) is 22.9. The lowest BCUT2D eigenvalue weighted by Crippen LogP contribution is -2.55. The molecular weight excluding hydrogens is 414 g/mol. The summed E-state index contributed by atoms with van der Waals surface area (Å²) in [7, 11) is 3.19. The minimum Gasteiger partial charge on any atom is -0.480 e. The number of carbonyl (C=O) groups excluding carboxylic acids is 1. The third-order valence-electron chi connectivity index (χ3n) is 6.78. The molecule has 1 spiro atoms. The third-order valence-corrected chi connectivity index (χ3v) is 6.78. The van der Waals surface area contributed by atoms with Gasteiger partial charge in [-0.2, -0.15) is 0 Å². The number of nitrogens with one attached hydrogen (secondary N) is 1. The standard InChI is InChI=1S/C23H33N3O6/c1-14(2)6-7-16-22(3,32-16)21-20(29-5)15(10-11-23(21)13-30-23)31-19(27)12-24-17-8-9-18(28-4)26-25-17/h6,8-9,15-16,20-21H,7,10-13H2,1-5H3,(H,24,25). The molecule has 6 unspecified atom stereocenters. The number of carbonyl (C=O) groups is 1. The molecule has 3 aliphatic rings. The van der Waals surface area contributed by atoms with Crippen LogP contribution in [0.3, 0.4) is 0 Å². The highest BCUT2D eigenvalue weighted by atomic mass is 16.6. The molecule has 0 amide bonds. The fraction of sp³-hybridized carbons (Fsp3) is 0.696. The number of rotatable bonds is 9. The van der Waals surface area contributed by atoms with Crippen LogP contribution in [0.25, 0.3) is 0 Å². The van der Waals surface area contributed by atoms with Crippen LogP contribution in [-0.4, -0.2) is 73.1 Å². The number of methoxy groups -OCH3 is 2. The maximum absolute atomic E-state index is 12.6. The Labute approximate surface area is 188 Å². The minimum absolute atomic E-state index is 0.00234. The van der Waals surface area contributed by atoms with Crippen LogP contribution in [0.15, 0.2) is 23.8 Å². The first-order valence-electron chi connectivity index (χ1n) is 11.1. The summed E-state index contributed by atoms with van der Waals surface area (Å²) in [5.41, 5.74) is 0.674. The normalized spacial score (nSPS) is 35.2. The van der Waals surface area contributed by atoms with E-state index in [0.717, 1.165) is 12.8 Å². The first-order chi connectivity index (χ1) is 15.3. The fourth-order valence-electron chi connectivity index (χ4n) is 4.97. The average molecular weight is 448 g/mol. The maximum Gasteiger partial charge on any atom is 0.325 e. The monoisotopic (exact) mass is 447 g/mol. The van der Waals surface area contributed by atoms with Gasteiger partial charge in [0.15, 0.2) is 0 Å². The van der Waals surface area contributed by atoms with E-state index in [2.05, 4.69) is 42.4 Å². The van der Waals surface area contributed by atoms with E-state index in [1.54, 1.807) is 19.2 Å². The van der Waals surface area contributed by atoms with E-state index in [1.807, 2.05) is 0 Å². The second-order valence-electron chi connectivity index (χ2n) is 9.22. The summed E-state index contributed by atoms with van der Waals surface area (Å²) < 4.78 is 28.9. The summed E-state index contributed by atoms with van der Waals surface area (Å²) in [4.78, 5) is 12.6. The topological polar surface area (TPSA) is 108 Å². The Balaban J connectivity index is 1.39. The van der Waals surface area contributed by atoms with E-state index < -0.39 is 0 Å². The van der Waals surface area contributed by atoms with Crippen molar-refractivity contribution >= 4 is 11.8 Å². The lowest BCUT2D eigenvalue weighted by molar-refractivity contribution is -0.170. The van der Waals surface area contributed by atoms with Crippen LogP contribution in [0.4, 0.5) is 5.82 Å². The summed E-state index contributed by atoms with van der Waals surface area (Å²) in [6, 6.07) is 3.37. The molecule has 1 N–H and O–H groups in total. The highest BCUT2D eigenvalue weighted by Gasteiger charge is 2.72. The largest absolute Gasteiger partial charge is 0.480 e. The Morgan fingerprint density at radius 2 is 2.09 bits per heavy atom. The molecule has 2 saturated heterocycles. The second kappa shape index (κ2) is 8.96. The van der Waals surface area contributed by atoms with Crippen LogP contribution in [0.1, 0.15) is 40.0 Å². The zero-order valence-electron chi connectivity index (χ0n) is 19.4. The Kier molecular flexibility index (Phi) is 6.42. The Morgan fingerprint density at radius 3 is 2.69 bits per heavy atom. The number of nitrogens with zero attached hydrogens (tertiary/aromatic N) is 2. The molecule has 9 heteroatoms. The maximum atomic E-state index is 12.6. The molecule has 9 nitrogen and oxygen atoms in total. The Bertz CT molecular complexity index is 852.